The van der Waals surface area contributed by atoms with Crippen LogP contribution in [0.3, 0.4) is 0 Å². The summed E-state index contributed by atoms with van der Waals surface area (Å²) in [4.78, 5) is 29.5. The van der Waals surface area contributed by atoms with E-state index in [0.29, 0.717) is 34.9 Å². The van der Waals surface area contributed by atoms with E-state index in [4.69, 9.17) is 14.2 Å². The largest absolute Gasteiger partial charge is 0.489 e. The summed E-state index contributed by atoms with van der Waals surface area (Å²) in [6, 6.07) is 15.3. The molecule has 1 aromatic heterocycles. The zero-order valence-electron chi connectivity index (χ0n) is 18.3. The number of nitrogens with zero attached hydrogens (tertiary/aromatic N) is 1. The Hall–Kier alpha value is -3.67. The van der Waals surface area contributed by atoms with E-state index in [1.165, 1.54) is 19.8 Å². The molecule has 0 spiro atoms. The van der Waals surface area contributed by atoms with Crippen molar-refractivity contribution in [2.45, 2.75) is 27.4 Å². The molecule has 0 radical (unpaired) electrons. The van der Waals surface area contributed by atoms with E-state index < -0.39 is 11.9 Å². The molecule has 0 saturated carbocycles. The highest BCUT2D eigenvalue weighted by Gasteiger charge is 2.27. The molecular formula is C25H25NO5. The molecule has 2 aromatic carbocycles. The number of hydrogen-bond donors (Lipinski definition) is 0. The lowest BCUT2D eigenvalue weighted by atomic mass is 9.92. The minimum Gasteiger partial charge on any atom is -0.489 e. The number of esters is 2. The molecule has 6 nitrogen and oxygen atoms in total. The maximum Gasteiger partial charge on any atom is 0.340 e. The van der Waals surface area contributed by atoms with Gasteiger partial charge in [0.05, 0.1) is 36.7 Å². The van der Waals surface area contributed by atoms with Crippen LogP contribution >= 0.6 is 0 Å². The first kappa shape index (κ1) is 22.0. The van der Waals surface area contributed by atoms with Crippen molar-refractivity contribution in [1.29, 1.82) is 0 Å². The van der Waals surface area contributed by atoms with Crippen molar-refractivity contribution in [3.8, 4) is 16.9 Å². The number of benzene rings is 2. The topological polar surface area (TPSA) is 74.7 Å². The van der Waals surface area contributed by atoms with Crippen LogP contribution in [0, 0.1) is 20.8 Å². The number of methoxy groups -OCH3 is 2. The molecule has 0 amide bonds. The molecular weight excluding hydrogens is 394 g/mol. The van der Waals surface area contributed by atoms with Crippen LogP contribution in [0.4, 0.5) is 0 Å². The lowest BCUT2D eigenvalue weighted by molar-refractivity contribution is 0.0599. The van der Waals surface area contributed by atoms with Crippen LogP contribution in [0.1, 0.15) is 43.2 Å². The van der Waals surface area contributed by atoms with Crippen molar-refractivity contribution in [2.75, 3.05) is 14.2 Å². The van der Waals surface area contributed by atoms with Gasteiger partial charge in [-0.1, -0.05) is 42.0 Å². The van der Waals surface area contributed by atoms with Crippen LogP contribution in [-0.2, 0) is 16.1 Å². The van der Waals surface area contributed by atoms with Crippen LogP contribution in [0.25, 0.3) is 11.1 Å². The predicted molar refractivity (Wildman–Crippen MR) is 117 cm³/mol. The molecule has 0 bridgehead atoms. The smallest absolute Gasteiger partial charge is 0.340 e. The van der Waals surface area contributed by atoms with Gasteiger partial charge in [0.1, 0.15) is 12.4 Å². The molecule has 1 heterocycles. The van der Waals surface area contributed by atoms with Gasteiger partial charge in [0.2, 0.25) is 0 Å². The van der Waals surface area contributed by atoms with Gasteiger partial charge in [0.25, 0.3) is 0 Å². The zero-order chi connectivity index (χ0) is 22.5. The van der Waals surface area contributed by atoms with E-state index in [1.54, 1.807) is 19.9 Å². The second-order valence-electron chi connectivity index (χ2n) is 7.19. The summed E-state index contributed by atoms with van der Waals surface area (Å²) >= 11 is 0. The summed E-state index contributed by atoms with van der Waals surface area (Å²) in [6.45, 7) is 5.85. The van der Waals surface area contributed by atoms with E-state index in [-0.39, 0.29) is 11.1 Å². The minimum absolute atomic E-state index is 0.226. The number of carbonyl (C=O) groups is 2. The molecule has 0 aliphatic heterocycles. The first-order valence-electron chi connectivity index (χ1n) is 9.82. The van der Waals surface area contributed by atoms with Crippen LogP contribution < -0.4 is 4.74 Å². The standard InChI is InChI=1S/C25H25NO5/c1-15-9-11-18(12-10-15)14-31-20-8-6-7-19(13-20)23-21(24(27)29-4)16(2)26-17(3)22(23)25(28)30-5/h6-13H,14H2,1-5H3. The summed E-state index contributed by atoms with van der Waals surface area (Å²) in [5.41, 5.74) is 4.67. The molecule has 0 unspecified atom stereocenters. The van der Waals surface area contributed by atoms with E-state index in [0.717, 1.165) is 5.56 Å². The minimum atomic E-state index is -0.573. The highest BCUT2D eigenvalue weighted by Crippen LogP contribution is 2.34. The molecule has 0 aliphatic rings. The molecule has 0 saturated heterocycles. The van der Waals surface area contributed by atoms with E-state index >= 15 is 0 Å². The van der Waals surface area contributed by atoms with Gasteiger partial charge in [-0.2, -0.15) is 0 Å². The SMILES string of the molecule is COC(=O)c1c(C)nc(C)c(C(=O)OC)c1-c1cccc(OCc2ccc(C)cc2)c1. The number of carbonyl (C=O) groups excluding carboxylic acids is 2. The van der Waals surface area contributed by atoms with Crippen molar-refractivity contribution in [3.63, 3.8) is 0 Å². The van der Waals surface area contributed by atoms with Crippen LogP contribution in [-0.4, -0.2) is 31.1 Å². The molecule has 31 heavy (non-hydrogen) atoms. The molecule has 0 fully saturated rings. The quantitative estimate of drug-likeness (QED) is 0.533. The average molecular weight is 419 g/mol. The van der Waals surface area contributed by atoms with Gasteiger partial charge in [-0.3, -0.25) is 4.98 Å². The number of hydrogen-bond acceptors (Lipinski definition) is 6. The maximum atomic E-state index is 12.6. The summed E-state index contributed by atoms with van der Waals surface area (Å²) in [5, 5.41) is 0. The first-order valence-corrected chi connectivity index (χ1v) is 9.82. The molecule has 0 N–H and O–H groups in total. The number of pyridine rings is 1. The van der Waals surface area contributed by atoms with E-state index in [9.17, 15) is 9.59 Å². The first-order chi connectivity index (χ1) is 14.8. The second kappa shape index (κ2) is 9.43. The zero-order valence-corrected chi connectivity index (χ0v) is 18.3. The molecule has 160 valence electrons. The number of rotatable bonds is 6. The van der Waals surface area contributed by atoms with Crippen molar-refractivity contribution in [1.82, 2.24) is 4.98 Å². The van der Waals surface area contributed by atoms with E-state index in [2.05, 4.69) is 4.98 Å². The fourth-order valence-corrected chi connectivity index (χ4v) is 3.43. The summed E-state index contributed by atoms with van der Waals surface area (Å²) in [5.74, 6) is -0.538. The van der Waals surface area contributed by atoms with Crippen molar-refractivity contribution in [3.05, 3.63) is 82.2 Å². The number of aryl methyl sites for hydroxylation is 3. The summed E-state index contributed by atoms with van der Waals surface area (Å²) in [6.07, 6.45) is 0. The predicted octanol–water partition coefficient (Wildman–Crippen LogP) is 4.83. The van der Waals surface area contributed by atoms with Gasteiger partial charge < -0.3 is 14.2 Å². The van der Waals surface area contributed by atoms with Crippen LogP contribution in [0.2, 0.25) is 0 Å². The highest BCUT2D eigenvalue weighted by atomic mass is 16.5. The normalized spacial score (nSPS) is 10.5. The van der Waals surface area contributed by atoms with Crippen molar-refractivity contribution in [2.24, 2.45) is 0 Å². The second-order valence-corrected chi connectivity index (χ2v) is 7.19. The Kier molecular flexibility index (Phi) is 6.70. The van der Waals surface area contributed by atoms with Crippen LogP contribution in [0.5, 0.6) is 5.75 Å². The molecule has 0 aliphatic carbocycles. The highest BCUT2D eigenvalue weighted by molar-refractivity contribution is 6.07. The van der Waals surface area contributed by atoms with Gasteiger partial charge >= 0.3 is 11.9 Å². The molecule has 3 aromatic rings. The van der Waals surface area contributed by atoms with Crippen LogP contribution in [0.15, 0.2) is 48.5 Å². The number of ether oxygens (including phenoxy) is 3. The van der Waals surface area contributed by atoms with Crippen molar-refractivity contribution < 1.29 is 23.8 Å². The molecule has 3 rings (SSSR count). The Morgan fingerprint density at radius 2 is 1.42 bits per heavy atom. The third-order valence-electron chi connectivity index (χ3n) is 4.99. The summed E-state index contributed by atoms with van der Waals surface area (Å²) in [7, 11) is 2.59. The van der Waals surface area contributed by atoms with Crippen molar-refractivity contribution >= 4 is 11.9 Å². The van der Waals surface area contributed by atoms with Gasteiger partial charge in [-0.05, 0) is 44.0 Å². The lowest BCUT2D eigenvalue weighted by Crippen LogP contribution is -2.16. The lowest BCUT2D eigenvalue weighted by Gasteiger charge is -2.17. The number of aromatic nitrogens is 1. The van der Waals surface area contributed by atoms with Gasteiger partial charge in [0, 0.05) is 5.56 Å². The molecule has 0 atom stereocenters. The monoisotopic (exact) mass is 419 g/mol. The van der Waals surface area contributed by atoms with Gasteiger partial charge in [0.15, 0.2) is 0 Å². The summed E-state index contributed by atoms with van der Waals surface area (Å²) < 4.78 is 15.9. The average Bonchev–Trinajstić information content (AvgIpc) is 2.77. The third-order valence-corrected chi connectivity index (χ3v) is 4.99. The van der Waals surface area contributed by atoms with E-state index in [1.807, 2.05) is 49.4 Å². The Morgan fingerprint density at radius 3 is 1.97 bits per heavy atom. The maximum absolute atomic E-state index is 12.6. The third kappa shape index (κ3) is 4.74. The van der Waals surface area contributed by atoms with Gasteiger partial charge in [-0.25, -0.2) is 9.59 Å². The fourth-order valence-electron chi connectivity index (χ4n) is 3.43. The van der Waals surface area contributed by atoms with Gasteiger partial charge in [-0.15, -0.1) is 0 Å². The Labute approximate surface area is 181 Å². The Balaban J connectivity index is 2.08. The molecule has 6 heteroatoms. The Bertz CT molecular complexity index is 1080. The Morgan fingerprint density at radius 1 is 0.839 bits per heavy atom. The fraction of sp³-hybridized carbons (Fsp3) is 0.240.